The van der Waals surface area contributed by atoms with Crippen molar-refractivity contribution in [2.24, 2.45) is 5.92 Å². The molecule has 0 radical (unpaired) electrons. The Bertz CT molecular complexity index is 506. The van der Waals surface area contributed by atoms with Crippen molar-refractivity contribution in [2.45, 2.75) is 39.7 Å². The first kappa shape index (κ1) is 14.6. The highest BCUT2D eigenvalue weighted by molar-refractivity contribution is 5.76. The SMILES string of the molecule is Cc1cc(C)n(CC(=O)N2CCCN(CC3CC3)CC2)n1. The molecule has 5 heteroatoms. The fourth-order valence-corrected chi connectivity index (χ4v) is 3.13. The van der Waals surface area contributed by atoms with Crippen LogP contribution in [0.4, 0.5) is 0 Å². The van der Waals surface area contributed by atoms with Gasteiger partial charge in [0.15, 0.2) is 0 Å². The number of carbonyl (C=O) groups excluding carboxylic acids is 1. The average molecular weight is 290 g/mol. The minimum Gasteiger partial charge on any atom is -0.340 e. The lowest BCUT2D eigenvalue weighted by Crippen LogP contribution is -2.37. The second-order valence-corrected chi connectivity index (χ2v) is 6.56. The first-order chi connectivity index (χ1) is 10.1. The van der Waals surface area contributed by atoms with Crippen LogP contribution >= 0.6 is 0 Å². The van der Waals surface area contributed by atoms with Gasteiger partial charge in [0.1, 0.15) is 6.54 Å². The summed E-state index contributed by atoms with van der Waals surface area (Å²) in [5.74, 6) is 1.14. The van der Waals surface area contributed by atoms with Crippen molar-refractivity contribution in [3.63, 3.8) is 0 Å². The third-order valence-corrected chi connectivity index (χ3v) is 4.54. The second-order valence-electron chi connectivity index (χ2n) is 6.56. The summed E-state index contributed by atoms with van der Waals surface area (Å²) in [6, 6.07) is 2.02. The molecule has 1 saturated carbocycles. The quantitative estimate of drug-likeness (QED) is 0.842. The van der Waals surface area contributed by atoms with Gasteiger partial charge in [0, 0.05) is 31.9 Å². The lowest BCUT2D eigenvalue weighted by atomic mass is 10.3. The van der Waals surface area contributed by atoms with Crippen molar-refractivity contribution >= 4 is 5.91 Å². The Balaban J connectivity index is 1.53. The maximum Gasteiger partial charge on any atom is 0.244 e. The highest BCUT2D eigenvalue weighted by Crippen LogP contribution is 2.29. The van der Waals surface area contributed by atoms with Crippen LogP contribution in [-0.2, 0) is 11.3 Å². The molecule has 1 aromatic heterocycles. The summed E-state index contributed by atoms with van der Waals surface area (Å²) in [7, 11) is 0. The van der Waals surface area contributed by atoms with E-state index in [1.807, 2.05) is 29.5 Å². The molecule has 3 rings (SSSR count). The Morgan fingerprint density at radius 3 is 2.71 bits per heavy atom. The first-order valence-corrected chi connectivity index (χ1v) is 8.13. The van der Waals surface area contributed by atoms with E-state index in [1.54, 1.807) is 0 Å². The minimum atomic E-state index is 0.203. The van der Waals surface area contributed by atoms with Crippen molar-refractivity contribution < 1.29 is 4.79 Å². The number of rotatable bonds is 4. The third kappa shape index (κ3) is 3.84. The van der Waals surface area contributed by atoms with Crippen LogP contribution in [0.2, 0.25) is 0 Å². The topological polar surface area (TPSA) is 41.4 Å². The number of aromatic nitrogens is 2. The van der Waals surface area contributed by atoms with Crippen LogP contribution in [0.15, 0.2) is 6.07 Å². The summed E-state index contributed by atoms with van der Waals surface area (Å²) in [6.45, 7) is 9.51. The Morgan fingerprint density at radius 1 is 1.24 bits per heavy atom. The summed E-state index contributed by atoms with van der Waals surface area (Å²) in [6.07, 6.45) is 3.89. The molecule has 0 bridgehead atoms. The molecule has 0 spiro atoms. The smallest absolute Gasteiger partial charge is 0.244 e. The summed E-state index contributed by atoms with van der Waals surface area (Å²) < 4.78 is 1.82. The summed E-state index contributed by atoms with van der Waals surface area (Å²) in [5, 5.41) is 4.39. The van der Waals surface area contributed by atoms with E-state index >= 15 is 0 Å². The molecule has 1 aliphatic carbocycles. The number of amides is 1. The van der Waals surface area contributed by atoms with Crippen LogP contribution in [0.1, 0.15) is 30.7 Å². The molecule has 21 heavy (non-hydrogen) atoms. The van der Waals surface area contributed by atoms with Crippen LogP contribution < -0.4 is 0 Å². The van der Waals surface area contributed by atoms with Crippen LogP contribution in [0.5, 0.6) is 0 Å². The molecule has 1 aromatic rings. The zero-order chi connectivity index (χ0) is 14.8. The molecule has 116 valence electrons. The first-order valence-electron chi connectivity index (χ1n) is 8.13. The van der Waals surface area contributed by atoms with E-state index in [4.69, 9.17) is 0 Å². The summed E-state index contributed by atoms with van der Waals surface area (Å²) in [4.78, 5) is 17.0. The highest BCUT2D eigenvalue weighted by atomic mass is 16.2. The van der Waals surface area contributed by atoms with Gasteiger partial charge >= 0.3 is 0 Å². The van der Waals surface area contributed by atoms with E-state index in [9.17, 15) is 4.79 Å². The van der Waals surface area contributed by atoms with E-state index in [-0.39, 0.29) is 5.91 Å². The van der Waals surface area contributed by atoms with Gasteiger partial charge in [-0.2, -0.15) is 5.10 Å². The molecule has 2 heterocycles. The van der Waals surface area contributed by atoms with Gasteiger partial charge in [-0.3, -0.25) is 9.48 Å². The molecule has 1 aliphatic heterocycles. The molecular formula is C16H26N4O. The van der Waals surface area contributed by atoms with Gasteiger partial charge in [0.2, 0.25) is 5.91 Å². The van der Waals surface area contributed by atoms with Gasteiger partial charge in [-0.05, 0) is 51.6 Å². The van der Waals surface area contributed by atoms with Crippen molar-refractivity contribution in [3.05, 3.63) is 17.5 Å². The predicted octanol–water partition coefficient (Wildman–Crippen LogP) is 1.44. The van der Waals surface area contributed by atoms with E-state index in [2.05, 4.69) is 10.00 Å². The van der Waals surface area contributed by atoms with Crippen molar-refractivity contribution in [1.82, 2.24) is 19.6 Å². The van der Waals surface area contributed by atoms with E-state index in [1.165, 1.54) is 19.4 Å². The fraction of sp³-hybridized carbons (Fsp3) is 0.750. The molecule has 1 saturated heterocycles. The van der Waals surface area contributed by atoms with Gasteiger partial charge in [-0.15, -0.1) is 0 Å². The standard InChI is InChI=1S/C16H26N4O/c1-13-10-14(2)20(17-13)12-16(21)19-7-3-6-18(8-9-19)11-15-4-5-15/h10,15H,3-9,11-12H2,1-2H3. The lowest BCUT2D eigenvalue weighted by Gasteiger charge is -2.22. The third-order valence-electron chi connectivity index (χ3n) is 4.54. The number of hydrogen-bond donors (Lipinski definition) is 0. The normalized spacial score (nSPS) is 20.6. The number of nitrogens with zero attached hydrogens (tertiary/aromatic N) is 4. The van der Waals surface area contributed by atoms with Crippen LogP contribution in [-0.4, -0.2) is 58.2 Å². The van der Waals surface area contributed by atoms with E-state index in [0.29, 0.717) is 6.54 Å². The molecule has 5 nitrogen and oxygen atoms in total. The zero-order valence-electron chi connectivity index (χ0n) is 13.2. The molecule has 0 unspecified atom stereocenters. The second kappa shape index (κ2) is 6.18. The fourth-order valence-electron chi connectivity index (χ4n) is 3.13. The van der Waals surface area contributed by atoms with Gasteiger partial charge in [0.05, 0.1) is 5.69 Å². The van der Waals surface area contributed by atoms with Gasteiger partial charge < -0.3 is 9.80 Å². The van der Waals surface area contributed by atoms with Crippen LogP contribution in [0.3, 0.4) is 0 Å². The molecule has 0 atom stereocenters. The number of carbonyl (C=O) groups is 1. The molecule has 2 aliphatic rings. The van der Waals surface area contributed by atoms with Crippen LogP contribution in [0, 0.1) is 19.8 Å². The Kier molecular flexibility index (Phi) is 4.29. The van der Waals surface area contributed by atoms with E-state index in [0.717, 1.165) is 49.9 Å². The Morgan fingerprint density at radius 2 is 2.05 bits per heavy atom. The van der Waals surface area contributed by atoms with Crippen LogP contribution in [0.25, 0.3) is 0 Å². The summed E-state index contributed by atoms with van der Waals surface area (Å²) >= 11 is 0. The molecule has 1 amide bonds. The Hall–Kier alpha value is -1.36. The van der Waals surface area contributed by atoms with Gasteiger partial charge in [-0.25, -0.2) is 0 Å². The molecule has 0 aromatic carbocycles. The maximum atomic E-state index is 12.5. The van der Waals surface area contributed by atoms with E-state index < -0.39 is 0 Å². The molecular weight excluding hydrogens is 264 g/mol. The van der Waals surface area contributed by atoms with Crippen molar-refractivity contribution in [3.8, 4) is 0 Å². The molecule has 0 N–H and O–H groups in total. The maximum absolute atomic E-state index is 12.5. The Labute approximate surface area is 126 Å². The van der Waals surface area contributed by atoms with Gasteiger partial charge in [0.25, 0.3) is 0 Å². The van der Waals surface area contributed by atoms with Crippen molar-refractivity contribution in [1.29, 1.82) is 0 Å². The number of hydrogen-bond acceptors (Lipinski definition) is 3. The van der Waals surface area contributed by atoms with Crippen molar-refractivity contribution in [2.75, 3.05) is 32.7 Å². The largest absolute Gasteiger partial charge is 0.340 e. The summed E-state index contributed by atoms with van der Waals surface area (Å²) in [5.41, 5.74) is 2.04. The number of aryl methyl sites for hydroxylation is 2. The zero-order valence-corrected chi connectivity index (χ0v) is 13.2. The van der Waals surface area contributed by atoms with Gasteiger partial charge in [-0.1, -0.05) is 0 Å². The lowest BCUT2D eigenvalue weighted by molar-refractivity contribution is -0.131. The predicted molar refractivity (Wildman–Crippen MR) is 82.1 cm³/mol. The monoisotopic (exact) mass is 290 g/mol. The minimum absolute atomic E-state index is 0.203. The average Bonchev–Trinajstić information content (AvgIpc) is 3.21. The molecule has 2 fully saturated rings. The highest BCUT2D eigenvalue weighted by Gasteiger charge is 2.26.